The number of nitrogens with two attached hydrogens (primary N) is 1. The van der Waals surface area contributed by atoms with Gasteiger partial charge in [0.25, 0.3) is 5.56 Å². The Labute approximate surface area is 145 Å². The second-order valence-corrected chi connectivity index (χ2v) is 5.72. The third-order valence-electron chi connectivity index (χ3n) is 3.71. The molecule has 2 rings (SSSR count). The number of esters is 1. The van der Waals surface area contributed by atoms with Gasteiger partial charge in [0, 0.05) is 13.0 Å². The average Bonchev–Trinajstić information content (AvgIpc) is 2.57. The van der Waals surface area contributed by atoms with E-state index in [9.17, 15) is 14.4 Å². The number of carbonyl (C=O) groups is 2. The summed E-state index contributed by atoms with van der Waals surface area (Å²) in [5, 5.41) is 3.96. The van der Waals surface area contributed by atoms with E-state index in [2.05, 4.69) is 5.10 Å². The summed E-state index contributed by atoms with van der Waals surface area (Å²) in [6.07, 6.45) is 0.0879. The summed E-state index contributed by atoms with van der Waals surface area (Å²) in [4.78, 5) is 36.4. The van der Waals surface area contributed by atoms with Crippen LogP contribution in [0.1, 0.15) is 47.2 Å². The van der Waals surface area contributed by atoms with E-state index in [-0.39, 0.29) is 23.5 Å². The summed E-state index contributed by atoms with van der Waals surface area (Å²) < 4.78 is 6.44. The van der Waals surface area contributed by atoms with Gasteiger partial charge in [0.05, 0.1) is 5.56 Å². The molecule has 0 amide bonds. The summed E-state index contributed by atoms with van der Waals surface area (Å²) in [7, 11) is 0. The maximum Gasteiger partial charge on any atom is 0.359 e. The zero-order valence-corrected chi connectivity index (χ0v) is 14.5. The fourth-order valence-electron chi connectivity index (χ4n) is 2.53. The number of nitrogen functional groups attached to an aromatic ring is 1. The Morgan fingerprint density at radius 2 is 1.92 bits per heavy atom. The number of hydrogen-bond acceptors (Lipinski definition) is 6. The maximum absolute atomic E-state index is 12.5. The van der Waals surface area contributed by atoms with Gasteiger partial charge in [-0.15, -0.1) is 0 Å². The van der Waals surface area contributed by atoms with Crippen molar-refractivity contribution in [3.8, 4) is 0 Å². The molecule has 0 bridgehead atoms. The lowest BCUT2D eigenvalue weighted by Crippen LogP contribution is -2.32. The molecule has 0 saturated carbocycles. The van der Waals surface area contributed by atoms with Crippen LogP contribution >= 0.6 is 0 Å². The Kier molecular flexibility index (Phi) is 5.69. The Hall–Kier alpha value is -2.96. The first kappa shape index (κ1) is 18.4. The van der Waals surface area contributed by atoms with Crippen molar-refractivity contribution in [2.75, 3.05) is 5.73 Å². The number of ether oxygens (including phenoxy) is 1. The number of carbonyl (C=O) groups excluding carboxylic acids is 2. The fourth-order valence-corrected chi connectivity index (χ4v) is 2.53. The largest absolute Gasteiger partial charge is 0.458 e. The second-order valence-electron chi connectivity index (χ2n) is 5.72. The van der Waals surface area contributed by atoms with Gasteiger partial charge in [0.1, 0.15) is 11.8 Å². The molecular formula is C18H21N3O4. The smallest absolute Gasteiger partial charge is 0.359 e. The van der Waals surface area contributed by atoms with Gasteiger partial charge in [0.2, 0.25) is 0 Å². The van der Waals surface area contributed by atoms with Gasteiger partial charge in [-0.1, -0.05) is 30.3 Å². The van der Waals surface area contributed by atoms with Crippen LogP contribution in [-0.4, -0.2) is 27.6 Å². The minimum atomic E-state index is -0.775. The molecule has 0 aliphatic heterocycles. The first-order chi connectivity index (χ1) is 11.8. The molecule has 0 fully saturated rings. The molecule has 1 unspecified atom stereocenters. The summed E-state index contributed by atoms with van der Waals surface area (Å²) in [6, 6.07) is 9.56. The van der Waals surface area contributed by atoms with Crippen LogP contribution in [0, 0.1) is 0 Å². The van der Waals surface area contributed by atoms with E-state index in [4.69, 9.17) is 10.5 Å². The molecule has 0 saturated heterocycles. The molecule has 1 aromatic carbocycles. The number of anilines is 1. The van der Waals surface area contributed by atoms with E-state index in [0.717, 1.165) is 10.2 Å². The molecule has 2 aromatic rings. The lowest BCUT2D eigenvalue weighted by atomic mass is 10.1. The highest BCUT2D eigenvalue weighted by Crippen LogP contribution is 2.15. The molecule has 0 aliphatic rings. The third kappa shape index (κ3) is 4.12. The van der Waals surface area contributed by atoms with Crippen molar-refractivity contribution in [2.45, 2.75) is 39.8 Å². The van der Waals surface area contributed by atoms with Crippen LogP contribution < -0.4 is 11.3 Å². The molecule has 0 aliphatic carbocycles. The summed E-state index contributed by atoms with van der Waals surface area (Å²) >= 11 is 0. The summed E-state index contributed by atoms with van der Waals surface area (Å²) in [6.45, 7) is 4.89. The van der Waals surface area contributed by atoms with Crippen LogP contribution in [0.5, 0.6) is 0 Å². The van der Waals surface area contributed by atoms with E-state index in [1.807, 2.05) is 30.3 Å². The van der Waals surface area contributed by atoms with E-state index in [0.29, 0.717) is 6.42 Å². The van der Waals surface area contributed by atoms with Crippen molar-refractivity contribution in [3.05, 3.63) is 57.5 Å². The van der Waals surface area contributed by atoms with Gasteiger partial charge in [0.15, 0.2) is 11.5 Å². The number of benzene rings is 1. The Bertz CT molecular complexity index is 843. The molecule has 1 atom stereocenters. The van der Waals surface area contributed by atoms with Gasteiger partial charge >= 0.3 is 5.97 Å². The van der Waals surface area contributed by atoms with Crippen LogP contribution in [0.25, 0.3) is 0 Å². The molecule has 25 heavy (non-hydrogen) atoms. The highest BCUT2D eigenvalue weighted by atomic mass is 16.5. The normalized spacial score (nSPS) is 11.8. The maximum atomic E-state index is 12.5. The number of hydrogen-bond donors (Lipinski definition) is 1. The number of aryl methyl sites for hydroxylation is 1. The van der Waals surface area contributed by atoms with Gasteiger partial charge < -0.3 is 10.5 Å². The van der Waals surface area contributed by atoms with Crippen LogP contribution in [-0.2, 0) is 17.7 Å². The minimum Gasteiger partial charge on any atom is -0.458 e. The van der Waals surface area contributed by atoms with Gasteiger partial charge in [-0.3, -0.25) is 9.59 Å². The van der Waals surface area contributed by atoms with Gasteiger partial charge in [-0.05, 0) is 26.3 Å². The van der Waals surface area contributed by atoms with Crippen LogP contribution in [0.15, 0.2) is 35.1 Å². The quantitative estimate of drug-likeness (QED) is 0.634. The van der Waals surface area contributed by atoms with Crippen LogP contribution in [0.3, 0.4) is 0 Å². The highest BCUT2D eigenvalue weighted by Gasteiger charge is 2.25. The molecule has 2 N–H and O–H groups in total. The minimum absolute atomic E-state index is 0.188. The number of nitrogens with zero attached hydrogens (tertiary/aromatic N) is 2. The second kappa shape index (κ2) is 7.74. The molecule has 0 radical (unpaired) electrons. The van der Waals surface area contributed by atoms with Crippen molar-refractivity contribution in [2.24, 2.45) is 0 Å². The van der Waals surface area contributed by atoms with Gasteiger partial charge in [-0.2, -0.15) is 5.10 Å². The van der Waals surface area contributed by atoms with E-state index >= 15 is 0 Å². The lowest BCUT2D eigenvalue weighted by Gasteiger charge is -2.15. The number of rotatable bonds is 6. The summed E-state index contributed by atoms with van der Waals surface area (Å²) in [5.74, 6) is -1.28. The predicted molar refractivity (Wildman–Crippen MR) is 93.6 cm³/mol. The Morgan fingerprint density at radius 3 is 2.48 bits per heavy atom. The first-order valence-electron chi connectivity index (χ1n) is 8.01. The molecule has 7 heteroatoms. The third-order valence-corrected chi connectivity index (χ3v) is 3.71. The highest BCUT2D eigenvalue weighted by molar-refractivity contribution is 6.07. The summed E-state index contributed by atoms with van der Waals surface area (Å²) in [5.41, 5.74) is 5.47. The van der Waals surface area contributed by atoms with E-state index in [1.54, 1.807) is 13.8 Å². The zero-order valence-electron chi connectivity index (χ0n) is 14.5. The van der Waals surface area contributed by atoms with Crippen molar-refractivity contribution >= 4 is 17.4 Å². The van der Waals surface area contributed by atoms with E-state index < -0.39 is 23.4 Å². The molecule has 1 heterocycles. The number of aromatic nitrogens is 2. The predicted octanol–water partition coefficient (Wildman–Crippen LogP) is 1.84. The lowest BCUT2D eigenvalue weighted by molar-refractivity contribution is 0.0330. The molecule has 1 aromatic heterocycles. The van der Waals surface area contributed by atoms with Crippen molar-refractivity contribution < 1.29 is 14.3 Å². The average molecular weight is 343 g/mol. The van der Waals surface area contributed by atoms with Crippen LogP contribution in [0.4, 0.5) is 5.69 Å². The van der Waals surface area contributed by atoms with Crippen molar-refractivity contribution in [1.82, 2.24) is 9.78 Å². The van der Waals surface area contributed by atoms with Crippen molar-refractivity contribution in [1.29, 1.82) is 0 Å². The van der Waals surface area contributed by atoms with Gasteiger partial charge in [-0.25, -0.2) is 9.48 Å². The zero-order chi connectivity index (χ0) is 18.6. The first-order valence-corrected chi connectivity index (χ1v) is 8.01. The SMILES string of the molecule is CCn1nc(C(=O)OC(C)Cc2ccccc2)c(C(C)=O)c(N)c1=O. The van der Waals surface area contributed by atoms with E-state index in [1.165, 1.54) is 6.92 Å². The van der Waals surface area contributed by atoms with Crippen LogP contribution in [0.2, 0.25) is 0 Å². The molecule has 7 nitrogen and oxygen atoms in total. The molecule has 0 spiro atoms. The Morgan fingerprint density at radius 1 is 1.28 bits per heavy atom. The fraction of sp³-hybridized carbons (Fsp3) is 0.333. The number of Topliss-reactive ketones (excluding diaryl/α,β-unsaturated/α-hetero) is 1. The number of ketones is 1. The standard InChI is InChI=1S/C18H21N3O4/c1-4-21-17(23)15(19)14(12(3)22)16(20-21)18(24)25-11(2)10-13-8-6-5-7-9-13/h5-9,11H,4,10,19H2,1-3H3. The van der Waals surface area contributed by atoms with Crippen molar-refractivity contribution in [3.63, 3.8) is 0 Å². The Balaban J connectivity index is 2.30. The molecule has 132 valence electrons. The monoisotopic (exact) mass is 343 g/mol. The topological polar surface area (TPSA) is 104 Å². The molecular weight excluding hydrogens is 322 g/mol.